The van der Waals surface area contributed by atoms with Crippen LogP contribution in [-0.2, 0) is 63.8 Å². The molecule has 0 spiro atoms. The molecule has 2 aromatic carbocycles. The van der Waals surface area contributed by atoms with Crippen LogP contribution in [0.15, 0.2) is 60.7 Å². The molecule has 354 valence electrons. The number of anilines is 1. The maximum atomic E-state index is 13.1. The average Bonchev–Trinajstić information content (AvgIpc) is 3.27. The summed E-state index contributed by atoms with van der Waals surface area (Å²) in [5.41, 5.74) is 2.18. The number of amides is 5. The van der Waals surface area contributed by atoms with Crippen molar-refractivity contribution in [3.8, 4) is 5.75 Å². The van der Waals surface area contributed by atoms with E-state index in [1.54, 1.807) is 50.2 Å². The number of nitrogens with one attached hydrogen (secondary N) is 5. The second-order valence-corrected chi connectivity index (χ2v) is 14.7. The first-order valence-corrected chi connectivity index (χ1v) is 21.3. The molecule has 0 aromatic heterocycles. The van der Waals surface area contributed by atoms with Crippen LogP contribution in [-0.4, -0.2) is 127 Å². The Bertz CT molecular complexity index is 1750. The molecule has 0 fully saturated rings. The smallest absolute Gasteiger partial charge is 0.466 e. The molecule has 19 heteroatoms. The lowest BCUT2D eigenvalue weighted by Crippen LogP contribution is -2.53. The SMILES string of the molecule is COC(=O)/C=C\C(=O)NCCCCCC(=O)NCCOCCOCCOCCOCCC(=O)NC(C(=O)N[C@@H](C)C(=O)Nc1ccc(COC(=O)Oc2ccc(C)cc2)cc1)C(C)C. The molecule has 0 aliphatic rings. The van der Waals surface area contributed by atoms with Crippen molar-refractivity contribution in [3.63, 3.8) is 0 Å². The zero-order chi connectivity index (χ0) is 47.0. The van der Waals surface area contributed by atoms with Crippen molar-refractivity contribution in [1.82, 2.24) is 21.3 Å². The third-order valence-corrected chi connectivity index (χ3v) is 8.93. The third kappa shape index (κ3) is 25.9. The van der Waals surface area contributed by atoms with E-state index in [1.807, 2.05) is 19.1 Å². The fourth-order valence-corrected chi connectivity index (χ4v) is 5.31. The predicted molar refractivity (Wildman–Crippen MR) is 235 cm³/mol. The monoisotopic (exact) mass is 899 g/mol. The highest BCUT2D eigenvalue weighted by molar-refractivity contribution is 5.98. The van der Waals surface area contributed by atoms with Gasteiger partial charge in [-0.2, -0.15) is 0 Å². The lowest BCUT2D eigenvalue weighted by molar-refractivity contribution is -0.135. The van der Waals surface area contributed by atoms with Crippen LogP contribution in [0.25, 0.3) is 0 Å². The van der Waals surface area contributed by atoms with E-state index in [4.69, 9.17) is 28.4 Å². The molecule has 2 aromatic rings. The topological polar surface area (TPSA) is 244 Å². The molecule has 2 atom stereocenters. The lowest BCUT2D eigenvalue weighted by Gasteiger charge is -2.24. The van der Waals surface area contributed by atoms with Crippen LogP contribution >= 0.6 is 0 Å². The van der Waals surface area contributed by atoms with Crippen LogP contribution < -0.4 is 31.3 Å². The van der Waals surface area contributed by atoms with E-state index in [0.29, 0.717) is 89.0 Å². The second kappa shape index (κ2) is 32.7. The standard InChI is InChI=1S/C45H65N5O14/c1-32(2)42(44(56)48-34(4)43(55)49-36-14-12-35(13-15-36)31-63-45(57)64-37-16-10-33(3)11-17-37)50-40(53)20-23-59-25-27-61-29-30-62-28-26-60-24-22-47-38(51)9-7-6-8-21-46-39(52)18-19-41(54)58-5/h10-19,32,34,42H,6-9,20-31H2,1-5H3,(H,46,52)(H,47,51)(H,48,56)(H,49,55)(H,50,53)/b19-18-/t34-,42?/m0/s1. The minimum Gasteiger partial charge on any atom is -0.466 e. The van der Waals surface area contributed by atoms with Crippen molar-refractivity contribution >= 4 is 47.3 Å². The molecule has 0 aliphatic carbocycles. The largest absolute Gasteiger partial charge is 0.514 e. The molecule has 1 unspecified atom stereocenters. The Hall–Kier alpha value is -5.89. The number of methoxy groups -OCH3 is 1. The van der Waals surface area contributed by atoms with Gasteiger partial charge in [0.2, 0.25) is 29.5 Å². The van der Waals surface area contributed by atoms with Crippen molar-refractivity contribution in [2.75, 3.05) is 78.4 Å². The minimum absolute atomic E-state index is 0.0251. The highest BCUT2D eigenvalue weighted by Gasteiger charge is 2.27. The van der Waals surface area contributed by atoms with Gasteiger partial charge in [-0.3, -0.25) is 24.0 Å². The summed E-state index contributed by atoms with van der Waals surface area (Å²) in [5.74, 6) is -2.27. The molecule has 0 saturated heterocycles. The Labute approximate surface area is 375 Å². The quantitative estimate of drug-likeness (QED) is 0.0307. The van der Waals surface area contributed by atoms with Gasteiger partial charge in [-0.1, -0.05) is 50.1 Å². The highest BCUT2D eigenvalue weighted by Crippen LogP contribution is 2.14. The maximum Gasteiger partial charge on any atom is 0.514 e. The number of hydrogen-bond donors (Lipinski definition) is 5. The molecule has 5 amide bonds. The van der Waals surface area contributed by atoms with Crippen molar-refractivity contribution in [2.24, 2.45) is 5.92 Å². The van der Waals surface area contributed by atoms with Crippen LogP contribution in [0.1, 0.15) is 64.0 Å². The molecule has 0 radical (unpaired) electrons. The molecule has 2 rings (SSSR count). The normalized spacial score (nSPS) is 11.9. The van der Waals surface area contributed by atoms with Crippen LogP contribution in [0.5, 0.6) is 5.75 Å². The van der Waals surface area contributed by atoms with Gasteiger partial charge in [-0.25, -0.2) is 9.59 Å². The summed E-state index contributed by atoms with van der Waals surface area (Å²) in [4.78, 5) is 85.0. The van der Waals surface area contributed by atoms with E-state index < -0.39 is 36.0 Å². The van der Waals surface area contributed by atoms with Gasteiger partial charge in [0.1, 0.15) is 24.4 Å². The lowest BCUT2D eigenvalue weighted by atomic mass is 10.0. The maximum absolute atomic E-state index is 13.1. The Kier molecular flexibility index (Phi) is 27.7. The summed E-state index contributed by atoms with van der Waals surface area (Å²) in [7, 11) is 1.23. The number of hydrogen-bond acceptors (Lipinski definition) is 14. The van der Waals surface area contributed by atoms with Crippen LogP contribution in [0.4, 0.5) is 10.5 Å². The summed E-state index contributed by atoms with van der Waals surface area (Å²) >= 11 is 0. The Balaban J connectivity index is 1.46. The number of ether oxygens (including phenoxy) is 7. The molecule has 64 heavy (non-hydrogen) atoms. The van der Waals surface area contributed by atoms with Crippen LogP contribution in [0.2, 0.25) is 0 Å². The Morgan fingerprint density at radius 3 is 1.88 bits per heavy atom. The van der Waals surface area contributed by atoms with Gasteiger partial charge in [0, 0.05) is 43.8 Å². The van der Waals surface area contributed by atoms with E-state index >= 15 is 0 Å². The van der Waals surface area contributed by atoms with E-state index in [0.717, 1.165) is 24.1 Å². The van der Waals surface area contributed by atoms with Gasteiger partial charge >= 0.3 is 12.1 Å². The molecule has 0 bridgehead atoms. The average molecular weight is 900 g/mol. The Morgan fingerprint density at radius 2 is 1.25 bits per heavy atom. The van der Waals surface area contributed by atoms with Crippen LogP contribution in [0, 0.1) is 12.8 Å². The molecular formula is C45H65N5O14. The predicted octanol–water partition coefficient (Wildman–Crippen LogP) is 3.27. The summed E-state index contributed by atoms with van der Waals surface area (Å²) in [6.45, 7) is 10.3. The number of benzene rings is 2. The van der Waals surface area contributed by atoms with Crippen molar-refractivity contribution in [3.05, 3.63) is 71.8 Å². The number of carbonyl (C=O) groups is 7. The first kappa shape index (κ1) is 54.2. The summed E-state index contributed by atoms with van der Waals surface area (Å²) in [6, 6.07) is 11.8. The zero-order valence-electron chi connectivity index (χ0n) is 37.5. The Morgan fingerprint density at radius 1 is 0.625 bits per heavy atom. The van der Waals surface area contributed by atoms with E-state index in [1.165, 1.54) is 14.0 Å². The number of aryl methyl sites for hydroxylation is 1. The first-order valence-electron chi connectivity index (χ1n) is 21.3. The van der Waals surface area contributed by atoms with Gasteiger partial charge in [-0.05, 0) is 62.4 Å². The van der Waals surface area contributed by atoms with Gasteiger partial charge in [0.15, 0.2) is 0 Å². The molecule has 0 heterocycles. The van der Waals surface area contributed by atoms with Crippen molar-refractivity contribution in [2.45, 2.75) is 78.5 Å². The summed E-state index contributed by atoms with van der Waals surface area (Å²) in [6.07, 6.45) is 3.89. The van der Waals surface area contributed by atoms with Gasteiger partial charge < -0.3 is 59.7 Å². The molecule has 19 nitrogen and oxygen atoms in total. The molecule has 0 aliphatic heterocycles. The second-order valence-electron chi connectivity index (χ2n) is 14.7. The fourth-order valence-electron chi connectivity index (χ4n) is 5.31. The van der Waals surface area contributed by atoms with E-state index in [9.17, 15) is 33.6 Å². The number of unbranched alkanes of at least 4 members (excludes halogenated alkanes) is 2. The number of esters is 1. The molecule has 0 saturated carbocycles. The highest BCUT2D eigenvalue weighted by atomic mass is 16.7. The van der Waals surface area contributed by atoms with Gasteiger partial charge in [0.25, 0.3) is 0 Å². The molecule has 5 N–H and O–H groups in total. The van der Waals surface area contributed by atoms with E-state index in [-0.39, 0.29) is 49.9 Å². The third-order valence-electron chi connectivity index (χ3n) is 8.93. The van der Waals surface area contributed by atoms with Crippen LogP contribution in [0.3, 0.4) is 0 Å². The number of carbonyl (C=O) groups excluding carboxylic acids is 7. The first-order chi connectivity index (χ1) is 30.8. The minimum atomic E-state index is -0.908. The summed E-state index contributed by atoms with van der Waals surface area (Å²) < 4.78 is 36.6. The van der Waals surface area contributed by atoms with Crippen molar-refractivity contribution in [1.29, 1.82) is 0 Å². The fraction of sp³-hybridized carbons (Fsp3) is 0.533. The number of rotatable bonds is 32. The van der Waals surface area contributed by atoms with E-state index in [2.05, 4.69) is 31.3 Å². The van der Waals surface area contributed by atoms with Gasteiger partial charge in [-0.15, -0.1) is 0 Å². The molecular weight excluding hydrogens is 835 g/mol. The van der Waals surface area contributed by atoms with Gasteiger partial charge in [0.05, 0.1) is 60.0 Å². The zero-order valence-corrected chi connectivity index (χ0v) is 37.5. The van der Waals surface area contributed by atoms with Crippen molar-refractivity contribution < 1.29 is 66.7 Å². The summed E-state index contributed by atoms with van der Waals surface area (Å²) in [5, 5.41) is 13.6.